The van der Waals surface area contributed by atoms with E-state index in [0.717, 1.165) is 31.1 Å². The van der Waals surface area contributed by atoms with Crippen LogP contribution in [0.2, 0.25) is 0 Å². The van der Waals surface area contributed by atoms with E-state index in [1.54, 1.807) is 0 Å². The minimum absolute atomic E-state index is 0.00443. The second-order valence-corrected chi connectivity index (χ2v) is 14.4. The summed E-state index contributed by atoms with van der Waals surface area (Å²) in [5, 5.41) is 0. The van der Waals surface area contributed by atoms with Gasteiger partial charge in [-0.05, 0) is 137 Å². The van der Waals surface area contributed by atoms with Crippen molar-refractivity contribution in [3.8, 4) is 0 Å². The summed E-state index contributed by atoms with van der Waals surface area (Å²) in [7, 11) is 0. The average Bonchev–Trinajstić information content (AvgIpc) is 3.59. The van der Waals surface area contributed by atoms with E-state index in [-0.39, 0.29) is 30.8 Å². The Bertz CT molecular complexity index is 852. The van der Waals surface area contributed by atoms with Gasteiger partial charge in [-0.25, -0.2) is 0 Å². The molecule has 0 amide bonds. The molecule has 0 aliphatic heterocycles. The van der Waals surface area contributed by atoms with E-state index in [4.69, 9.17) is 14.2 Å². The third-order valence-electron chi connectivity index (χ3n) is 12.4. The number of carbonyl (C=O) groups is 2. The molecule has 35 heavy (non-hydrogen) atoms. The van der Waals surface area contributed by atoms with Gasteiger partial charge in [0.15, 0.2) is 6.79 Å². The number of hydrogen-bond acceptors (Lipinski definition) is 5. The monoisotopic (exact) mass is 484 g/mol. The maximum Gasteiger partial charge on any atom is 0.311 e. The van der Waals surface area contributed by atoms with Crippen molar-refractivity contribution >= 4 is 11.9 Å². The first kappa shape index (κ1) is 23.0. The summed E-state index contributed by atoms with van der Waals surface area (Å²) in [4.78, 5) is 25.9. The number of rotatable bonds is 7. The topological polar surface area (TPSA) is 61.8 Å². The van der Waals surface area contributed by atoms with Crippen LogP contribution >= 0.6 is 0 Å². The Morgan fingerprint density at radius 3 is 2.09 bits per heavy atom. The zero-order chi connectivity index (χ0) is 24.1. The molecule has 0 radical (unpaired) electrons. The number of ether oxygens (including phenoxy) is 3. The van der Waals surface area contributed by atoms with Crippen LogP contribution in [0, 0.1) is 70.5 Å². The average molecular weight is 485 g/mol. The van der Waals surface area contributed by atoms with Crippen molar-refractivity contribution in [1.82, 2.24) is 0 Å². The molecule has 8 unspecified atom stereocenters. The molecule has 8 saturated carbocycles. The van der Waals surface area contributed by atoms with Gasteiger partial charge in [-0.1, -0.05) is 6.92 Å². The highest BCUT2D eigenvalue weighted by Crippen LogP contribution is 2.69. The molecule has 8 fully saturated rings. The Kier molecular flexibility index (Phi) is 5.40. The van der Waals surface area contributed by atoms with Crippen LogP contribution in [-0.2, 0) is 23.8 Å². The van der Waals surface area contributed by atoms with E-state index in [1.807, 2.05) is 13.8 Å². The first-order valence-electron chi connectivity index (χ1n) is 14.8. The second-order valence-electron chi connectivity index (χ2n) is 14.4. The Balaban J connectivity index is 0.931. The number of hydrogen-bond donors (Lipinski definition) is 0. The Morgan fingerprint density at radius 1 is 0.771 bits per heavy atom. The lowest BCUT2D eigenvalue weighted by molar-refractivity contribution is -0.191. The molecule has 0 N–H and O–H groups in total. The maximum absolute atomic E-state index is 13.2. The minimum Gasteiger partial charge on any atom is -0.462 e. The second kappa shape index (κ2) is 8.20. The molecule has 0 saturated heterocycles. The highest BCUT2D eigenvalue weighted by molar-refractivity contribution is 5.76. The van der Waals surface area contributed by atoms with Crippen molar-refractivity contribution < 1.29 is 23.8 Å². The van der Waals surface area contributed by atoms with Crippen LogP contribution in [0.3, 0.4) is 0 Å². The first-order chi connectivity index (χ1) is 16.8. The third kappa shape index (κ3) is 3.56. The summed E-state index contributed by atoms with van der Waals surface area (Å²) >= 11 is 0. The van der Waals surface area contributed by atoms with Gasteiger partial charge in [0.2, 0.25) is 0 Å². The molecular formula is C30H44O5. The third-order valence-corrected chi connectivity index (χ3v) is 12.4. The number of carbonyl (C=O) groups excluding carboxylic acids is 2. The van der Waals surface area contributed by atoms with Crippen molar-refractivity contribution in [3.05, 3.63) is 0 Å². The SMILES string of the molecule is CCC(C)(C)C(=O)OC1CC2CC1C1C3CC(C(=O)OCOC4C5CC6CC(C5)CC4C6)C(C3)C21. The van der Waals surface area contributed by atoms with Crippen molar-refractivity contribution in [1.29, 1.82) is 0 Å². The molecule has 8 bridgehead atoms. The van der Waals surface area contributed by atoms with Gasteiger partial charge in [0.05, 0.1) is 17.4 Å². The summed E-state index contributed by atoms with van der Waals surface area (Å²) in [6, 6.07) is 0. The van der Waals surface area contributed by atoms with Crippen molar-refractivity contribution in [2.24, 2.45) is 70.5 Å². The van der Waals surface area contributed by atoms with Gasteiger partial charge in [0, 0.05) is 0 Å². The summed E-state index contributed by atoms with van der Waals surface area (Å²) in [5.74, 6) is 6.77. The van der Waals surface area contributed by atoms with Crippen molar-refractivity contribution in [3.63, 3.8) is 0 Å². The van der Waals surface area contributed by atoms with Crippen molar-refractivity contribution in [2.75, 3.05) is 6.79 Å². The van der Waals surface area contributed by atoms with E-state index < -0.39 is 5.41 Å². The fourth-order valence-corrected chi connectivity index (χ4v) is 10.8. The molecule has 8 aliphatic rings. The van der Waals surface area contributed by atoms with Crippen LogP contribution in [-0.4, -0.2) is 30.9 Å². The normalized spacial score (nSPS) is 50.5. The molecule has 0 aromatic carbocycles. The Morgan fingerprint density at radius 2 is 1.40 bits per heavy atom. The molecule has 8 aliphatic carbocycles. The standard InChI is InChI=1S/C30H44O5/c1-4-30(2,3)29(32)35-24-13-18-12-23(24)26-17-10-21(25(18)26)22(11-17)28(31)34-14-33-27-19-6-15-5-16(8-19)9-20(27)7-15/h15-27H,4-14H2,1-3H3. The van der Waals surface area contributed by atoms with Gasteiger partial charge in [-0.15, -0.1) is 0 Å². The van der Waals surface area contributed by atoms with Crippen LogP contribution in [0.25, 0.3) is 0 Å². The van der Waals surface area contributed by atoms with E-state index in [2.05, 4.69) is 6.92 Å². The summed E-state index contributed by atoms with van der Waals surface area (Å²) in [5.41, 5.74) is -0.399. The molecule has 0 spiro atoms. The first-order valence-corrected chi connectivity index (χ1v) is 14.8. The van der Waals surface area contributed by atoms with Crippen LogP contribution in [0.15, 0.2) is 0 Å². The van der Waals surface area contributed by atoms with Crippen LogP contribution in [0.4, 0.5) is 0 Å². The predicted octanol–water partition coefficient (Wildman–Crippen LogP) is 5.60. The van der Waals surface area contributed by atoms with E-state index in [0.29, 0.717) is 53.4 Å². The molecule has 194 valence electrons. The lowest BCUT2D eigenvalue weighted by Crippen LogP contribution is -2.49. The zero-order valence-corrected chi connectivity index (χ0v) is 21.8. The van der Waals surface area contributed by atoms with Crippen LogP contribution in [0.1, 0.15) is 85.0 Å². The van der Waals surface area contributed by atoms with Gasteiger partial charge in [-0.2, -0.15) is 0 Å². The number of esters is 2. The van der Waals surface area contributed by atoms with Crippen LogP contribution < -0.4 is 0 Å². The van der Waals surface area contributed by atoms with Gasteiger partial charge in [-0.3, -0.25) is 9.59 Å². The minimum atomic E-state index is -0.399. The molecule has 8 atom stereocenters. The highest BCUT2D eigenvalue weighted by Gasteiger charge is 2.66. The quantitative estimate of drug-likeness (QED) is 0.267. The summed E-state index contributed by atoms with van der Waals surface area (Å²) in [6.07, 6.45) is 12.3. The van der Waals surface area contributed by atoms with Gasteiger partial charge < -0.3 is 14.2 Å². The highest BCUT2D eigenvalue weighted by atomic mass is 16.7. The summed E-state index contributed by atoms with van der Waals surface area (Å²) < 4.78 is 18.2. The molecular weight excluding hydrogens is 440 g/mol. The predicted molar refractivity (Wildman–Crippen MR) is 130 cm³/mol. The Hall–Kier alpha value is -1.10. The van der Waals surface area contributed by atoms with E-state index in [1.165, 1.54) is 44.9 Å². The molecule has 0 aromatic heterocycles. The molecule has 0 aromatic rings. The van der Waals surface area contributed by atoms with E-state index in [9.17, 15) is 9.59 Å². The maximum atomic E-state index is 13.2. The van der Waals surface area contributed by atoms with E-state index >= 15 is 0 Å². The fourth-order valence-electron chi connectivity index (χ4n) is 10.8. The molecule has 5 nitrogen and oxygen atoms in total. The summed E-state index contributed by atoms with van der Waals surface area (Å²) in [6.45, 7) is 6.20. The lowest BCUT2D eigenvalue weighted by atomic mass is 9.55. The fraction of sp³-hybridized carbons (Fsp3) is 0.933. The smallest absolute Gasteiger partial charge is 0.311 e. The number of fused-ring (bicyclic) bond motifs is 9. The largest absolute Gasteiger partial charge is 0.462 e. The van der Waals surface area contributed by atoms with Gasteiger partial charge >= 0.3 is 11.9 Å². The molecule has 5 heteroatoms. The Labute approximate surface area is 210 Å². The lowest BCUT2D eigenvalue weighted by Gasteiger charge is -2.53. The zero-order valence-electron chi connectivity index (χ0n) is 21.8. The van der Waals surface area contributed by atoms with Gasteiger partial charge in [0.1, 0.15) is 6.10 Å². The van der Waals surface area contributed by atoms with Gasteiger partial charge in [0.25, 0.3) is 0 Å². The van der Waals surface area contributed by atoms with Crippen molar-refractivity contribution in [2.45, 2.75) is 97.2 Å². The van der Waals surface area contributed by atoms with Crippen LogP contribution in [0.5, 0.6) is 0 Å². The molecule has 8 rings (SSSR count). The molecule has 0 heterocycles.